The van der Waals surface area contributed by atoms with Gasteiger partial charge >= 0.3 is 5.97 Å². The maximum Gasteiger partial charge on any atom is 0.330 e. The second-order valence-corrected chi connectivity index (χ2v) is 5.85. The molecular weight excluding hydrogens is 346 g/mol. The van der Waals surface area contributed by atoms with E-state index in [2.05, 4.69) is 10.3 Å². The monoisotopic (exact) mass is 363 g/mol. The summed E-state index contributed by atoms with van der Waals surface area (Å²) in [6.07, 6.45) is 2.62. The molecule has 3 aromatic rings. The Bertz CT molecular complexity index is 1000. The van der Waals surface area contributed by atoms with E-state index in [0.717, 1.165) is 11.8 Å². The van der Waals surface area contributed by atoms with Crippen molar-refractivity contribution in [3.63, 3.8) is 0 Å². The molecule has 1 amide bonds. The predicted molar refractivity (Wildman–Crippen MR) is 98.9 cm³/mol. The van der Waals surface area contributed by atoms with Crippen molar-refractivity contribution in [1.82, 2.24) is 14.9 Å². The highest BCUT2D eigenvalue weighted by Crippen LogP contribution is 2.15. The Labute approximate surface area is 154 Å². The summed E-state index contributed by atoms with van der Waals surface area (Å²) in [6, 6.07) is 16.4. The fourth-order valence-corrected chi connectivity index (χ4v) is 2.62. The maximum atomic E-state index is 12.3. The second-order valence-electron chi connectivity index (χ2n) is 5.85. The molecule has 0 aliphatic rings. The predicted octanol–water partition coefficient (Wildman–Crippen LogP) is 1.85. The van der Waals surface area contributed by atoms with Crippen molar-refractivity contribution in [2.45, 2.75) is 12.6 Å². The van der Waals surface area contributed by atoms with Gasteiger partial charge in [0.15, 0.2) is 6.04 Å². The molecule has 2 aromatic carbocycles. The lowest BCUT2D eigenvalue weighted by Crippen LogP contribution is -2.37. The average molecular weight is 363 g/mol. The lowest BCUT2D eigenvalue weighted by atomic mass is 10.1. The number of rotatable bonds is 6. The van der Waals surface area contributed by atoms with Gasteiger partial charge in [0.1, 0.15) is 6.54 Å². The molecule has 0 bridgehead atoms. The third-order valence-corrected chi connectivity index (χ3v) is 3.94. The highest BCUT2D eigenvalue weighted by Gasteiger charge is 2.22. The van der Waals surface area contributed by atoms with Crippen LogP contribution in [0.5, 0.6) is 0 Å². The van der Waals surface area contributed by atoms with Gasteiger partial charge in [0.25, 0.3) is 5.56 Å². The first-order chi connectivity index (χ1) is 13.0. The number of carboxylic acids is 1. The number of benzene rings is 2. The van der Waals surface area contributed by atoms with Crippen LogP contribution in [0.15, 0.2) is 77.9 Å². The van der Waals surface area contributed by atoms with E-state index in [9.17, 15) is 19.5 Å². The maximum absolute atomic E-state index is 12.3. The van der Waals surface area contributed by atoms with E-state index in [1.54, 1.807) is 30.3 Å². The molecule has 1 aromatic heterocycles. The van der Waals surface area contributed by atoms with E-state index < -0.39 is 23.5 Å². The lowest BCUT2D eigenvalue weighted by Gasteiger charge is -2.15. The molecule has 27 heavy (non-hydrogen) atoms. The summed E-state index contributed by atoms with van der Waals surface area (Å²) in [5, 5.41) is 11.8. The lowest BCUT2D eigenvalue weighted by molar-refractivity contribution is -0.142. The summed E-state index contributed by atoms with van der Waals surface area (Å²) >= 11 is 0. The van der Waals surface area contributed by atoms with Crippen molar-refractivity contribution < 1.29 is 14.7 Å². The number of aliphatic carboxylic acids is 1. The number of aromatic nitrogens is 2. The number of carboxylic acid groups (broad SMARTS) is 1. The summed E-state index contributed by atoms with van der Waals surface area (Å²) in [4.78, 5) is 40.0. The number of nitrogens with zero attached hydrogens (tertiary/aromatic N) is 2. The summed E-state index contributed by atoms with van der Waals surface area (Å²) < 4.78 is 1.20. The van der Waals surface area contributed by atoms with Gasteiger partial charge < -0.3 is 15.0 Å². The van der Waals surface area contributed by atoms with E-state index in [1.807, 2.05) is 30.3 Å². The first-order valence-electron chi connectivity index (χ1n) is 8.23. The average Bonchev–Trinajstić information content (AvgIpc) is 2.69. The Morgan fingerprint density at radius 1 is 1.04 bits per heavy atom. The number of hydrogen-bond donors (Lipinski definition) is 2. The van der Waals surface area contributed by atoms with E-state index >= 15 is 0 Å². The minimum absolute atomic E-state index is 0.308. The molecular formula is C20H17N3O4. The van der Waals surface area contributed by atoms with Crippen LogP contribution in [0.3, 0.4) is 0 Å². The van der Waals surface area contributed by atoms with E-state index in [-0.39, 0.29) is 6.54 Å². The normalized spacial score (nSPS) is 11.6. The van der Waals surface area contributed by atoms with Gasteiger partial charge in [-0.3, -0.25) is 9.59 Å². The molecule has 3 rings (SSSR count). The molecule has 136 valence electrons. The topological polar surface area (TPSA) is 101 Å². The van der Waals surface area contributed by atoms with Gasteiger partial charge in [0.05, 0.1) is 11.9 Å². The van der Waals surface area contributed by atoms with E-state index in [4.69, 9.17) is 0 Å². The van der Waals surface area contributed by atoms with Gasteiger partial charge in [-0.1, -0.05) is 60.7 Å². The zero-order valence-electron chi connectivity index (χ0n) is 14.3. The van der Waals surface area contributed by atoms with Gasteiger partial charge in [-0.05, 0) is 5.56 Å². The molecule has 7 heteroatoms. The van der Waals surface area contributed by atoms with Crippen molar-refractivity contribution in [2.24, 2.45) is 0 Å². The molecule has 0 aliphatic heterocycles. The molecule has 0 radical (unpaired) electrons. The smallest absolute Gasteiger partial charge is 0.330 e. The minimum atomic E-state index is -1.19. The van der Waals surface area contributed by atoms with Gasteiger partial charge in [0.2, 0.25) is 5.91 Å². The second kappa shape index (κ2) is 8.09. The molecule has 0 saturated heterocycles. The molecule has 0 spiro atoms. The van der Waals surface area contributed by atoms with E-state index in [1.165, 1.54) is 10.8 Å². The molecule has 1 heterocycles. The Balaban J connectivity index is 1.79. The van der Waals surface area contributed by atoms with Crippen LogP contribution in [0.4, 0.5) is 0 Å². The van der Waals surface area contributed by atoms with Crippen LogP contribution in [0.2, 0.25) is 0 Å². The van der Waals surface area contributed by atoms with Crippen molar-refractivity contribution in [3.05, 3.63) is 89.0 Å². The van der Waals surface area contributed by atoms with Gasteiger partial charge in [0, 0.05) is 11.8 Å². The fourth-order valence-electron chi connectivity index (χ4n) is 2.62. The molecule has 0 unspecified atom stereocenters. The molecule has 0 fully saturated rings. The Morgan fingerprint density at radius 3 is 2.30 bits per heavy atom. The number of carbonyl (C=O) groups is 2. The zero-order valence-corrected chi connectivity index (χ0v) is 14.3. The largest absolute Gasteiger partial charge is 0.479 e. The molecule has 1 atom stereocenters. The van der Waals surface area contributed by atoms with Crippen molar-refractivity contribution in [1.29, 1.82) is 0 Å². The van der Waals surface area contributed by atoms with Crippen LogP contribution in [0.25, 0.3) is 11.3 Å². The highest BCUT2D eigenvalue weighted by atomic mass is 16.4. The fraction of sp³-hybridized carbons (Fsp3) is 0.100. The number of carbonyl (C=O) groups excluding carboxylic acids is 1. The molecule has 0 aliphatic carbocycles. The van der Waals surface area contributed by atoms with Crippen LogP contribution in [0.1, 0.15) is 11.6 Å². The zero-order chi connectivity index (χ0) is 19.2. The summed E-state index contributed by atoms with van der Waals surface area (Å²) in [7, 11) is 0. The van der Waals surface area contributed by atoms with Gasteiger partial charge in [-0.15, -0.1) is 0 Å². The van der Waals surface area contributed by atoms with Crippen molar-refractivity contribution in [2.75, 3.05) is 0 Å². The Hall–Kier alpha value is -3.74. The van der Waals surface area contributed by atoms with Gasteiger partial charge in [-0.2, -0.15) is 0 Å². The Morgan fingerprint density at radius 2 is 1.67 bits per heavy atom. The standard InChI is InChI=1S/C20H17N3O4/c24-17(22-19(20(26)27)15-9-5-2-6-10-15)13-23-12-16(21-11-18(23)25)14-7-3-1-4-8-14/h1-12,19H,13H2,(H,22,24)(H,26,27)/t19-/m1/s1. The summed E-state index contributed by atoms with van der Waals surface area (Å²) in [6.45, 7) is -0.308. The highest BCUT2D eigenvalue weighted by molar-refractivity contribution is 5.84. The first-order valence-corrected chi connectivity index (χ1v) is 8.23. The van der Waals surface area contributed by atoms with Crippen LogP contribution < -0.4 is 10.9 Å². The molecule has 7 nitrogen and oxygen atoms in total. The quantitative estimate of drug-likeness (QED) is 0.696. The van der Waals surface area contributed by atoms with Gasteiger partial charge in [-0.25, -0.2) is 9.78 Å². The third kappa shape index (κ3) is 4.46. The molecule has 0 saturated carbocycles. The third-order valence-electron chi connectivity index (χ3n) is 3.94. The summed E-state index contributed by atoms with van der Waals surface area (Å²) in [5.41, 5.74) is 1.35. The summed E-state index contributed by atoms with van der Waals surface area (Å²) in [5.74, 6) is -1.76. The van der Waals surface area contributed by atoms with Crippen LogP contribution >= 0.6 is 0 Å². The number of hydrogen-bond acceptors (Lipinski definition) is 4. The SMILES string of the molecule is O=C(Cn1cc(-c2ccccc2)ncc1=O)N[C@@H](C(=O)O)c1ccccc1. The first kappa shape index (κ1) is 18.1. The number of nitrogens with one attached hydrogen (secondary N) is 1. The molecule has 2 N–H and O–H groups in total. The van der Waals surface area contributed by atoms with Crippen LogP contribution in [-0.2, 0) is 16.1 Å². The van der Waals surface area contributed by atoms with E-state index in [0.29, 0.717) is 11.3 Å². The Kier molecular flexibility index (Phi) is 5.41. The van der Waals surface area contributed by atoms with Crippen molar-refractivity contribution in [3.8, 4) is 11.3 Å². The van der Waals surface area contributed by atoms with Crippen LogP contribution in [-0.4, -0.2) is 26.5 Å². The van der Waals surface area contributed by atoms with Crippen molar-refractivity contribution >= 4 is 11.9 Å². The minimum Gasteiger partial charge on any atom is -0.479 e. The number of amides is 1. The van der Waals surface area contributed by atoms with Crippen LogP contribution in [0, 0.1) is 0 Å².